The number of carboxylic acids is 1. The molecule has 0 aliphatic heterocycles. The molecule has 1 aliphatic rings. The van der Waals surface area contributed by atoms with E-state index in [9.17, 15) is 9.59 Å². The van der Waals surface area contributed by atoms with Gasteiger partial charge in [-0.15, -0.1) is 11.3 Å². The lowest BCUT2D eigenvalue weighted by Gasteiger charge is -2.27. The van der Waals surface area contributed by atoms with E-state index >= 15 is 0 Å². The summed E-state index contributed by atoms with van der Waals surface area (Å²) in [5.41, 5.74) is 1.14. The highest BCUT2D eigenvalue weighted by molar-refractivity contribution is 7.15. The van der Waals surface area contributed by atoms with E-state index in [4.69, 9.17) is 5.11 Å². The van der Waals surface area contributed by atoms with Crippen molar-refractivity contribution in [3.63, 3.8) is 0 Å². The molecule has 1 aliphatic carbocycles. The highest BCUT2D eigenvalue weighted by atomic mass is 32.1. The number of thiazole rings is 1. The third kappa shape index (κ3) is 3.58. The minimum Gasteiger partial charge on any atom is -0.481 e. The number of amides is 2. The number of fused-ring (bicyclic) bond motifs is 1. The van der Waals surface area contributed by atoms with Crippen molar-refractivity contribution >= 4 is 28.5 Å². The van der Waals surface area contributed by atoms with Gasteiger partial charge in [0, 0.05) is 23.9 Å². The molecule has 0 saturated carbocycles. The molecule has 0 fully saturated rings. The SMILES string of the molecule is CC(CN(C)C(=O)Nc1nc2c(s1)CCCC2(C)C)C(=O)O. The van der Waals surface area contributed by atoms with Crippen LogP contribution in [-0.4, -0.2) is 40.6 Å². The summed E-state index contributed by atoms with van der Waals surface area (Å²) in [5, 5.41) is 12.3. The Labute approximate surface area is 134 Å². The Balaban J connectivity index is 2.04. The van der Waals surface area contributed by atoms with Gasteiger partial charge in [0.2, 0.25) is 0 Å². The van der Waals surface area contributed by atoms with Gasteiger partial charge in [-0.25, -0.2) is 9.78 Å². The standard InChI is InChI=1S/C15H23N3O3S/c1-9(12(19)20)8-18(4)14(21)17-13-16-11-10(22-13)6-5-7-15(11,2)3/h9H,5-8H2,1-4H3,(H,19,20)(H,16,17,21). The molecule has 122 valence electrons. The molecule has 0 spiro atoms. The summed E-state index contributed by atoms with van der Waals surface area (Å²) >= 11 is 1.52. The molecule has 2 amide bonds. The summed E-state index contributed by atoms with van der Waals surface area (Å²) in [4.78, 5) is 30.2. The van der Waals surface area contributed by atoms with Gasteiger partial charge >= 0.3 is 12.0 Å². The Morgan fingerprint density at radius 1 is 1.50 bits per heavy atom. The molecule has 1 atom stereocenters. The van der Waals surface area contributed by atoms with Gasteiger partial charge in [0.25, 0.3) is 0 Å². The number of anilines is 1. The molecule has 2 rings (SSSR count). The number of hydrogen-bond donors (Lipinski definition) is 2. The van der Waals surface area contributed by atoms with Crippen molar-refractivity contribution in [3.05, 3.63) is 10.6 Å². The smallest absolute Gasteiger partial charge is 0.323 e. The fourth-order valence-corrected chi connectivity index (χ4v) is 3.85. The third-order valence-electron chi connectivity index (χ3n) is 4.07. The van der Waals surface area contributed by atoms with Gasteiger partial charge in [-0.3, -0.25) is 10.1 Å². The Morgan fingerprint density at radius 2 is 2.18 bits per heavy atom. The number of nitrogens with one attached hydrogen (secondary N) is 1. The summed E-state index contributed by atoms with van der Waals surface area (Å²) in [7, 11) is 1.59. The van der Waals surface area contributed by atoms with Gasteiger partial charge in [-0.1, -0.05) is 20.8 Å². The minimum absolute atomic E-state index is 0.0524. The topological polar surface area (TPSA) is 82.5 Å². The predicted molar refractivity (Wildman–Crippen MR) is 86.5 cm³/mol. The van der Waals surface area contributed by atoms with Gasteiger partial charge < -0.3 is 10.0 Å². The number of carboxylic acid groups (broad SMARTS) is 1. The number of aromatic nitrogens is 1. The van der Waals surface area contributed by atoms with Crippen molar-refractivity contribution in [3.8, 4) is 0 Å². The first-order valence-corrected chi connectivity index (χ1v) is 8.27. The van der Waals surface area contributed by atoms with Crippen LogP contribution >= 0.6 is 11.3 Å². The molecule has 0 radical (unpaired) electrons. The highest BCUT2D eigenvalue weighted by Crippen LogP contribution is 2.40. The number of urea groups is 1. The Hall–Kier alpha value is -1.63. The molecular formula is C15H23N3O3S. The maximum atomic E-state index is 12.1. The van der Waals surface area contributed by atoms with Crippen molar-refractivity contribution in [1.82, 2.24) is 9.88 Å². The maximum absolute atomic E-state index is 12.1. The fourth-order valence-electron chi connectivity index (χ4n) is 2.67. The average molecular weight is 325 g/mol. The zero-order valence-corrected chi connectivity index (χ0v) is 14.3. The zero-order chi connectivity index (χ0) is 16.5. The van der Waals surface area contributed by atoms with E-state index in [1.807, 2.05) is 0 Å². The second kappa shape index (κ2) is 6.24. The lowest BCUT2D eigenvalue weighted by molar-refractivity contribution is -0.141. The number of aliphatic carboxylic acids is 1. The van der Waals surface area contributed by atoms with Crippen LogP contribution in [-0.2, 0) is 16.6 Å². The molecule has 1 heterocycles. The van der Waals surface area contributed by atoms with Gasteiger partial charge in [0.05, 0.1) is 11.6 Å². The lowest BCUT2D eigenvalue weighted by Crippen LogP contribution is -2.36. The summed E-state index contributed by atoms with van der Waals surface area (Å²) in [6.07, 6.45) is 3.26. The van der Waals surface area contributed by atoms with Crippen molar-refractivity contribution in [2.24, 2.45) is 5.92 Å². The number of aryl methyl sites for hydroxylation is 1. The van der Waals surface area contributed by atoms with Gasteiger partial charge in [-0.2, -0.15) is 0 Å². The summed E-state index contributed by atoms with van der Waals surface area (Å²) in [6.45, 7) is 6.10. The lowest BCUT2D eigenvalue weighted by atomic mass is 9.79. The van der Waals surface area contributed by atoms with Gasteiger partial charge in [-0.05, 0) is 19.3 Å². The van der Waals surface area contributed by atoms with Crippen LogP contribution in [0.4, 0.5) is 9.93 Å². The minimum atomic E-state index is -0.911. The summed E-state index contributed by atoms with van der Waals surface area (Å²) in [6, 6.07) is -0.322. The number of nitrogens with zero attached hydrogens (tertiary/aromatic N) is 2. The van der Waals surface area contributed by atoms with Crippen molar-refractivity contribution < 1.29 is 14.7 Å². The van der Waals surface area contributed by atoms with E-state index < -0.39 is 11.9 Å². The number of carbonyl (C=O) groups is 2. The van der Waals surface area contributed by atoms with Gasteiger partial charge in [0.1, 0.15) is 0 Å². The highest BCUT2D eigenvalue weighted by Gasteiger charge is 2.31. The van der Waals surface area contributed by atoms with E-state index in [1.54, 1.807) is 14.0 Å². The van der Waals surface area contributed by atoms with Crippen LogP contribution in [0.2, 0.25) is 0 Å². The first kappa shape index (κ1) is 16.7. The van der Waals surface area contributed by atoms with Crippen LogP contribution in [0.1, 0.15) is 44.2 Å². The van der Waals surface area contributed by atoms with Crippen LogP contribution in [0.5, 0.6) is 0 Å². The Morgan fingerprint density at radius 3 is 2.77 bits per heavy atom. The third-order valence-corrected chi connectivity index (χ3v) is 5.10. The molecule has 1 aromatic rings. The molecule has 7 heteroatoms. The van der Waals surface area contributed by atoms with Crippen molar-refractivity contribution in [1.29, 1.82) is 0 Å². The molecule has 0 saturated heterocycles. The largest absolute Gasteiger partial charge is 0.481 e. The van der Waals surface area contributed by atoms with Crippen LogP contribution in [0.25, 0.3) is 0 Å². The molecule has 1 aromatic heterocycles. The second-order valence-corrected chi connectivity index (χ2v) is 7.66. The van der Waals surface area contributed by atoms with Gasteiger partial charge in [0.15, 0.2) is 5.13 Å². The van der Waals surface area contributed by atoms with Crippen LogP contribution in [0.3, 0.4) is 0 Å². The normalized spacial score (nSPS) is 17.5. The quantitative estimate of drug-likeness (QED) is 0.891. The molecule has 22 heavy (non-hydrogen) atoms. The number of carbonyl (C=O) groups excluding carboxylic acids is 1. The Kier molecular flexibility index (Phi) is 4.75. The van der Waals surface area contributed by atoms with E-state index in [1.165, 1.54) is 21.1 Å². The summed E-state index contributed by atoms with van der Waals surface area (Å²) < 4.78 is 0. The zero-order valence-electron chi connectivity index (χ0n) is 13.5. The van der Waals surface area contributed by atoms with E-state index in [-0.39, 0.29) is 18.0 Å². The molecule has 1 unspecified atom stereocenters. The first-order valence-electron chi connectivity index (χ1n) is 7.46. The first-order chi connectivity index (χ1) is 10.2. The van der Waals surface area contributed by atoms with Crippen molar-refractivity contribution in [2.45, 2.75) is 45.4 Å². The molecule has 0 bridgehead atoms. The van der Waals surface area contributed by atoms with Crippen LogP contribution < -0.4 is 5.32 Å². The Bertz CT molecular complexity index is 583. The molecular weight excluding hydrogens is 302 g/mol. The van der Waals surface area contributed by atoms with Crippen molar-refractivity contribution in [2.75, 3.05) is 18.9 Å². The summed E-state index contributed by atoms with van der Waals surface area (Å²) in [5.74, 6) is -1.51. The van der Waals surface area contributed by atoms with Crippen LogP contribution in [0.15, 0.2) is 0 Å². The monoisotopic (exact) mass is 325 g/mol. The fraction of sp³-hybridized carbons (Fsp3) is 0.667. The molecule has 0 aromatic carbocycles. The average Bonchev–Trinajstić information content (AvgIpc) is 2.82. The van der Waals surface area contributed by atoms with Crippen LogP contribution in [0, 0.1) is 5.92 Å². The molecule has 6 nitrogen and oxygen atoms in total. The number of rotatable bonds is 4. The predicted octanol–water partition coefficient (Wildman–Crippen LogP) is 2.94. The molecule has 2 N–H and O–H groups in total. The van der Waals surface area contributed by atoms with E-state index in [0.29, 0.717) is 5.13 Å². The van der Waals surface area contributed by atoms with E-state index in [0.717, 1.165) is 25.0 Å². The maximum Gasteiger partial charge on any atom is 0.323 e. The second-order valence-electron chi connectivity index (χ2n) is 6.58. The number of hydrogen-bond acceptors (Lipinski definition) is 4. The van der Waals surface area contributed by atoms with E-state index in [2.05, 4.69) is 24.1 Å².